The summed E-state index contributed by atoms with van der Waals surface area (Å²) in [5.41, 5.74) is 1.99. The fourth-order valence-corrected chi connectivity index (χ4v) is 6.42. The van der Waals surface area contributed by atoms with Crippen molar-refractivity contribution in [2.45, 2.75) is 160 Å². The maximum absolute atomic E-state index is 12.1. The van der Waals surface area contributed by atoms with Crippen molar-refractivity contribution < 1.29 is 64.4 Å². The molecule has 3 nitrogen and oxygen atoms in total. The van der Waals surface area contributed by atoms with Gasteiger partial charge in [-0.25, -0.2) is 8.42 Å². The van der Waals surface area contributed by atoms with E-state index in [4.69, 9.17) is 0 Å². The van der Waals surface area contributed by atoms with Crippen molar-refractivity contribution in [2.24, 2.45) is 0 Å². The van der Waals surface area contributed by atoms with Gasteiger partial charge in [0, 0.05) is 0 Å². The first-order chi connectivity index (χ1) is 18.5. The van der Waals surface area contributed by atoms with Crippen LogP contribution in [0.1, 0.15) is 153 Å². The molecule has 0 aromatic heterocycles. The molecule has 0 aliphatic heterocycles. The number of rotatable bonds is 23. The van der Waals surface area contributed by atoms with Crippen molar-refractivity contribution in [1.29, 1.82) is 0 Å². The molecule has 0 aliphatic carbocycles. The molecule has 0 atom stereocenters. The smallest absolute Gasteiger partial charge is 0.744 e. The van der Waals surface area contributed by atoms with Gasteiger partial charge in [0.15, 0.2) is 0 Å². The maximum atomic E-state index is 12.1. The summed E-state index contributed by atoms with van der Waals surface area (Å²) in [4.78, 5) is -0.0167. The van der Waals surface area contributed by atoms with Gasteiger partial charge in [-0.3, -0.25) is 0 Å². The fraction of sp³-hybridized carbons (Fsp3) is 0.706. The Balaban J connectivity index is 0.00000760. The van der Waals surface area contributed by atoms with Crippen molar-refractivity contribution >= 4 is 20.9 Å². The first kappa shape index (κ1) is 37.3. The molecular weight excluding hydrogens is 528 g/mol. The van der Waals surface area contributed by atoms with Crippen LogP contribution in [0.3, 0.4) is 0 Å². The minimum Gasteiger partial charge on any atom is -0.744 e. The van der Waals surface area contributed by atoms with Gasteiger partial charge >= 0.3 is 51.4 Å². The number of aryl methyl sites for hydroxylation is 2. The third-order valence-electron chi connectivity index (χ3n) is 8.02. The van der Waals surface area contributed by atoms with E-state index in [0.717, 1.165) is 36.5 Å². The van der Waals surface area contributed by atoms with Crippen LogP contribution in [-0.4, -0.2) is 13.0 Å². The quantitative estimate of drug-likeness (QED) is 0.0767. The summed E-state index contributed by atoms with van der Waals surface area (Å²) in [6.45, 7) is 4.51. The van der Waals surface area contributed by atoms with Gasteiger partial charge in [0.05, 0.1) is 4.90 Å². The van der Waals surface area contributed by atoms with Crippen molar-refractivity contribution in [3.63, 3.8) is 0 Å². The number of unbranched alkanes of at least 4 members (excludes halogenated alkanes) is 18. The van der Waals surface area contributed by atoms with Crippen LogP contribution < -0.4 is 51.4 Å². The average molecular weight is 583 g/mol. The second kappa shape index (κ2) is 22.8. The molecule has 0 aliphatic rings. The second-order valence-electron chi connectivity index (χ2n) is 11.4. The zero-order chi connectivity index (χ0) is 27.5. The number of benzene rings is 2. The largest absolute Gasteiger partial charge is 1.00 e. The van der Waals surface area contributed by atoms with E-state index >= 15 is 0 Å². The van der Waals surface area contributed by atoms with Gasteiger partial charge in [0.2, 0.25) is 0 Å². The molecule has 0 fully saturated rings. The second-order valence-corrected chi connectivity index (χ2v) is 12.8. The molecule has 2 rings (SSSR count). The molecule has 0 saturated carbocycles. The standard InChI is InChI=1S/C34H56O3S.K/c1-3-5-7-9-11-13-15-17-19-21-24-30-26-23-27-31-29-34(38(35,36)37)32(28-33(30)31)25-22-20-18-16-14-12-10-8-6-4-2;/h23,26-29H,3-22,24-25H2,1-2H3,(H,35,36,37);/q;+1/p-1. The van der Waals surface area contributed by atoms with E-state index in [1.165, 1.54) is 115 Å². The molecule has 0 amide bonds. The zero-order valence-corrected chi connectivity index (χ0v) is 29.5. The molecule has 0 saturated heterocycles. The van der Waals surface area contributed by atoms with E-state index in [2.05, 4.69) is 19.9 Å². The van der Waals surface area contributed by atoms with Gasteiger partial charge in [-0.15, -0.1) is 0 Å². The first-order valence-electron chi connectivity index (χ1n) is 16.0. The van der Waals surface area contributed by atoms with Gasteiger partial charge in [0.25, 0.3) is 0 Å². The summed E-state index contributed by atoms with van der Waals surface area (Å²) in [5.74, 6) is 0. The van der Waals surface area contributed by atoms with Crippen LogP contribution in [0.25, 0.3) is 10.8 Å². The van der Waals surface area contributed by atoms with Crippen LogP contribution in [0.4, 0.5) is 0 Å². The van der Waals surface area contributed by atoms with Crippen molar-refractivity contribution in [1.82, 2.24) is 0 Å². The average Bonchev–Trinajstić information content (AvgIpc) is 2.90. The van der Waals surface area contributed by atoms with Crippen molar-refractivity contribution in [2.75, 3.05) is 0 Å². The Bertz CT molecular complexity index is 1000. The molecular formula is C34H55KO3S. The number of hydrogen-bond acceptors (Lipinski definition) is 3. The summed E-state index contributed by atoms with van der Waals surface area (Å²) >= 11 is 0. The maximum Gasteiger partial charge on any atom is 1.00 e. The molecule has 0 bridgehead atoms. The molecule has 0 spiro atoms. The SMILES string of the molecule is CCCCCCCCCCCCc1cc2c(CCCCCCCCCCCC)cccc2cc1S(=O)(=O)[O-].[K+]. The van der Waals surface area contributed by atoms with E-state index < -0.39 is 10.1 Å². The van der Waals surface area contributed by atoms with E-state index in [1.807, 2.05) is 18.2 Å². The van der Waals surface area contributed by atoms with Crippen LogP contribution in [0.2, 0.25) is 0 Å². The predicted octanol–water partition coefficient (Wildman–Crippen LogP) is 7.67. The van der Waals surface area contributed by atoms with Gasteiger partial charge in [-0.2, -0.15) is 0 Å². The van der Waals surface area contributed by atoms with Crippen LogP contribution in [0.5, 0.6) is 0 Å². The monoisotopic (exact) mass is 582 g/mol. The Morgan fingerprint density at radius 3 is 1.41 bits per heavy atom. The van der Waals surface area contributed by atoms with Crippen LogP contribution in [-0.2, 0) is 23.0 Å². The third-order valence-corrected chi connectivity index (χ3v) is 8.94. The van der Waals surface area contributed by atoms with Crippen LogP contribution in [0, 0.1) is 0 Å². The summed E-state index contributed by atoms with van der Waals surface area (Å²) in [5, 5.41) is 1.99. The van der Waals surface area contributed by atoms with Crippen LogP contribution in [0.15, 0.2) is 35.2 Å². The Labute approximate surface area is 283 Å². The van der Waals surface area contributed by atoms with Gasteiger partial charge in [-0.05, 0) is 59.7 Å². The molecule has 216 valence electrons. The molecule has 0 heterocycles. The predicted molar refractivity (Wildman–Crippen MR) is 163 cm³/mol. The summed E-state index contributed by atoms with van der Waals surface area (Å²) in [6, 6.07) is 9.75. The van der Waals surface area contributed by atoms with Gasteiger partial charge in [0.1, 0.15) is 10.1 Å². The van der Waals surface area contributed by atoms with Crippen molar-refractivity contribution in [3.05, 3.63) is 41.5 Å². The van der Waals surface area contributed by atoms with Crippen molar-refractivity contribution in [3.8, 4) is 0 Å². The molecule has 0 N–H and O–H groups in total. The number of fused-ring (bicyclic) bond motifs is 1. The fourth-order valence-electron chi connectivity index (χ4n) is 5.67. The topological polar surface area (TPSA) is 57.2 Å². The molecule has 5 heteroatoms. The Morgan fingerprint density at radius 2 is 0.974 bits per heavy atom. The molecule has 39 heavy (non-hydrogen) atoms. The van der Waals surface area contributed by atoms with E-state index in [1.54, 1.807) is 6.07 Å². The molecule has 0 radical (unpaired) electrons. The Hall–Kier alpha value is 0.246. The van der Waals surface area contributed by atoms with Crippen LogP contribution >= 0.6 is 0 Å². The molecule has 2 aromatic carbocycles. The third kappa shape index (κ3) is 15.9. The normalized spacial score (nSPS) is 11.7. The van der Waals surface area contributed by atoms with Gasteiger partial charge < -0.3 is 4.55 Å². The molecule has 2 aromatic rings. The number of hydrogen-bond donors (Lipinski definition) is 0. The summed E-state index contributed by atoms with van der Waals surface area (Å²) < 4.78 is 36.2. The van der Waals surface area contributed by atoms with E-state index in [0.29, 0.717) is 12.0 Å². The van der Waals surface area contributed by atoms with E-state index in [9.17, 15) is 13.0 Å². The summed E-state index contributed by atoms with van der Waals surface area (Å²) in [6.07, 6.45) is 27.3. The Kier molecular flexibility index (Phi) is 21.8. The first-order valence-corrected chi connectivity index (χ1v) is 17.4. The minimum absolute atomic E-state index is 0. The summed E-state index contributed by atoms with van der Waals surface area (Å²) in [7, 11) is -4.49. The van der Waals surface area contributed by atoms with Gasteiger partial charge in [-0.1, -0.05) is 148 Å². The zero-order valence-electron chi connectivity index (χ0n) is 25.6. The van der Waals surface area contributed by atoms with E-state index in [-0.39, 0.29) is 56.3 Å². The minimum atomic E-state index is -4.49. The molecule has 0 unspecified atom stereocenters. The Morgan fingerprint density at radius 1 is 0.564 bits per heavy atom.